The quantitative estimate of drug-likeness (QED) is 0.326. The van der Waals surface area contributed by atoms with E-state index in [1.54, 1.807) is 0 Å². The molecule has 2 atom stereocenters. The Kier molecular flexibility index (Phi) is 6.00. The summed E-state index contributed by atoms with van der Waals surface area (Å²) in [6.07, 6.45) is 15.3. The second kappa shape index (κ2) is 7.80. The van der Waals surface area contributed by atoms with E-state index in [0.29, 0.717) is 27.1 Å². The number of carbonyl (C=O) groups excluding carboxylic acids is 2. The van der Waals surface area contributed by atoms with Gasteiger partial charge in [-0.05, 0) is 144 Å². The molecule has 8 saturated carbocycles. The molecule has 0 spiro atoms. The van der Waals surface area contributed by atoms with Gasteiger partial charge in [-0.3, -0.25) is 9.59 Å². The van der Waals surface area contributed by atoms with Crippen molar-refractivity contribution in [3.8, 4) is 0 Å². The van der Waals surface area contributed by atoms with E-state index in [2.05, 4.69) is 62.3 Å². The molecule has 8 aliphatic carbocycles. The van der Waals surface area contributed by atoms with Gasteiger partial charge in [0, 0.05) is 10.8 Å². The van der Waals surface area contributed by atoms with Crippen molar-refractivity contribution in [1.82, 2.24) is 0 Å². The zero-order valence-corrected chi connectivity index (χ0v) is 26.6. The van der Waals surface area contributed by atoms with Crippen molar-refractivity contribution < 1.29 is 9.59 Å². The minimum absolute atomic E-state index is 0.124. The second-order valence-corrected chi connectivity index (χ2v) is 19.2. The van der Waals surface area contributed by atoms with Crippen LogP contribution in [0.1, 0.15) is 139 Å². The second-order valence-electron chi connectivity index (χ2n) is 18.5. The number of halogens is 2. The zero-order valence-electron chi connectivity index (χ0n) is 25.1. The highest BCUT2D eigenvalue weighted by atomic mass is 35.5. The van der Waals surface area contributed by atoms with Crippen LogP contribution in [-0.2, 0) is 9.59 Å². The third-order valence-corrected chi connectivity index (χ3v) is 14.1. The van der Waals surface area contributed by atoms with E-state index < -0.39 is 0 Å². The standard InChI is InChI=1S/C17H27ClO.C16H25ClO/c1-13(2,12(18)19)17-9-14(3)6-15(4,10-17)8-16(5,7-14)11-17;1-13(2,12(17)18)16-7-11-5-14(3,9-16)8-15(4,6-11)10-16/h6-11H2,1-5H3;11H,5-10H2,1-4H3. The summed E-state index contributed by atoms with van der Waals surface area (Å²) in [6.45, 7) is 20.6. The highest BCUT2D eigenvalue weighted by Gasteiger charge is 2.69. The third-order valence-electron chi connectivity index (χ3n) is 13.1. The molecule has 2 unspecified atom stereocenters. The molecule has 0 amide bonds. The van der Waals surface area contributed by atoms with Gasteiger partial charge in [0.25, 0.3) is 0 Å². The van der Waals surface area contributed by atoms with E-state index in [1.807, 2.05) is 0 Å². The molecule has 8 fully saturated rings. The van der Waals surface area contributed by atoms with Crippen LogP contribution < -0.4 is 0 Å². The van der Waals surface area contributed by atoms with Crippen LogP contribution in [0.3, 0.4) is 0 Å². The molecule has 4 heteroatoms. The normalized spacial score (nSPS) is 51.6. The lowest BCUT2D eigenvalue weighted by Gasteiger charge is -2.71. The fourth-order valence-corrected chi connectivity index (χ4v) is 13.9. The summed E-state index contributed by atoms with van der Waals surface area (Å²) in [5.41, 5.74) is 1.70. The Morgan fingerprint density at radius 2 is 0.811 bits per heavy atom. The molecule has 210 valence electrons. The zero-order chi connectivity index (χ0) is 27.7. The highest BCUT2D eigenvalue weighted by Crippen LogP contribution is 2.77. The molecular formula is C33H52Cl2O2. The van der Waals surface area contributed by atoms with Crippen molar-refractivity contribution >= 4 is 33.7 Å². The SMILES string of the molecule is CC12CC3(C)CC(C)(C1)CC(C(C)(C)C(=O)Cl)(C2)C3.CC12CC3CC(C)(C1)CC(C(C)(C)C(=O)Cl)(C3)C2. The van der Waals surface area contributed by atoms with E-state index in [0.717, 1.165) is 5.92 Å². The first kappa shape index (κ1) is 28.4. The molecule has 0 aromatic rings. The number of carbonyl (C=O) groups is 2. The van der Waals surface area contributed by atoms with Crippen molar-refractivity contribution in [2.75, 3.05) is 0 Å². The molecule has 37 heavy (non-hydrogen) atoms. The molecule has 8 bridgehead atoms. The maximum atomic E-state index is 12.1. The van der Waals surface area contributed by atoms with E-state index in [1.165, 1.54) is 77.0 Å². The van der Waals surface area contributed by atoms with Gasteiger partial charge in [0.05, 0.1) is 0 Å². The Morgan fingerprint density at radius 1 is 0.514 bits per heavy atom. The maximum absolute atomic E-state index is 12.1. The van der Waals surface area contributed by atoms with Crippen LogP contribution in [0.25, 0.3) is 0 Å². The third kappa shape index (κ3) is 4.22. The van der Waals surface area contributed by atoms with Crippen molar-refractivity contribution in [3.63, 3.8) is 0 Å². The van der Waals surface area contributed by atoms with E-state index in [4.69, 9.17) is 23.2 Å². The Hall–Kier alpha value is -0.0800. The van der Waals surface area contributed by atoms with Crippen LogP contribution >= 0.6 is 23.2 Å². The molecule has 0 heterocycles. The minimum Gasteiger partial charge on any atom is -0.281 e. The first-order valence-corrected chi connectivity index (χ1v) is 15.7. The minimum atomic E-state index is -0.389. The number of hydrogen-bond donors (Lipinski definition) is 0. The fraction of sp³-hybridized carbons (Fsp3) is 0.939. The first-order valence-electron chi connectivity index (χ1n) is 14.9. The van der Waals surface area contributed by atoms with E-state index in [9.17, 15) is 9.59 Å². The molecule has 0 aromatic heterocycles. The molecule has 0 N–H and O–H groups in total. The van der Waals surface area contributed by atoms with Gasteiger partial charge < -0.3 is 0 Å². The maximum Gasteiger partial charge on any atom is 0.227 e. The number of rotatable bonds is 4. The summed E-state index contributed by atoms with van der Waals surface area (Å²) in [5, 5.41) is -0.262. The summed E-state index contributed by atoms with van der Waals surface area (Å²) >= 11 is 12.0. The summed E-state index contributed by atoms with van der Waals surface area (Å²) in [6, 6.07) is 0. The molecule has 0 radical (unpaired) electrons. The van der Waals surface area contributed by atoms with E-state index in [-0.39, 0.29) is 32.1 Å². The van der Waals surface area contributed by atoms with Crippen molar-refractivity contribution in [1.29, 1.82) is 0 Å². The summed E-state index contributed by atoms with van der Waals surface area (Å²) in [7, 11) is 0. The van der Waals surface area contributed by atoms with Gasteiger partial charge in [-0.15, -0.1) is 0 Å². The van der Waals surface area contributed by atoms with Crippen molar-refractivity contribution in [2.24, 2.45) is 54.7 Å². The Morgan fingerprint density at radius 3 is 1.14 bits per heavy atom. The van der Waals surface area contributed by atoms with Gasteiger partial charge in [-0.1, -0.05) is 62.3 Å². The lowest BCUT2D eigenvalue weighted by Crippen LogP contribution is -2.63. The lowest BCUT2D eigenvalue weighted by molar-refractivity contribution is -0.216. The van der Waals surface area contributed by atoms with Gasteiger partial charge in [-0.2, -0.15) is 0 Å². The smallest absolute Gasteiger partial charge is 0.227 e. The Bertz CT molecular complexity index is 952. The fourth-order valence-electron chi connectivity index (χ4n) is 13.5. The molecule has 0 aromatic carbocycles. The molecule has 0 aliphatic heterocycles. The summed E-state index contributed by atoms with van der Waals surface area (Å²) in [5.74, 6) is 0.826. The van der Waals surface area contributed by atoms with Gasteiger partial charge in [-0.25, -0.2) is 0 Å². The van der Waals surface area contributed by atoms with Gasteiger partial charge in [0.2, 0.25) is 10.5 Å². The van der Waals surface area contributed by atoms with Crippen LogP contribution in [0.5, 0.6) is 0 Å². The van der Waals surface area contributed by atoms with Gasteiger partial charge in [0.1, 0.15) is 0 Å². The average Bonchev–Trinajstić information content (AvgIpc) is 2.61. The van der Waals surface area contributed by atoms with Crippen LogP contribution in [0, 0.1) is 54.7 Å². The summed E-state index contributed by atoms with van der Waals surface area (Å²) < 4.78 is 0. The van der Waals surface area contributed by atoms with Crippen molar-refractivity contribution in [2.45, 2.75) is 139 Å². The van der Waals surface area contributed by atoms with Crippen LogP contribution in [-0.4, -0.2) is 10.5 Å². The van der Waals surface area contributed by atoms with Crippen LogP contribution in [0.15, 0.2) is 0 Å². The summed E-state index contributed by atoms with van der Waals surface area (Å²) in [4.78, 5) is 24.0. The molecule has 8 rings (SSSR count). The highest BCUT2D eigenvalue weighted by molar-refractivity contribution is 6.65. The molecule has 2 nitrogen and oxygen atoms in total. The Balaban J connectivity index is 0.000000152. The largest absolute Gasteiger partial charge is 0.281 e. The van der Waals surface area contributed by atoms with Gasteiger partial charge >= 0.3 is 0 Å². The monoisotopic (exact) mass is 550 g/mol. The molecule has 0 saturated heterocycles. The van der Waals surface area contributed by atoms with Crippen LogP contribution in [0.2, 0.25) is 0 Å². The topological polar surface area (TPSA) is 34.1 Å². The van der Waals surface area contributed by atoms with E-state index >= 15 is 0 Å². The molecule has 8 aliphatic rings. The lowest BCUT2D eigenvalue weighted by atomic mass is 9.33. The predicted molar refractivity (Wildman–Crippen MR) is 154 cm³/mol. The Labute approximate surface area is 236 Å². The van der Waals surface area contributed by atoms with Crippen LogP contribution in [0.4, 0.5) is 0 Å². The van der Waals surface area contributed by atoms with Crippen molar-refractivity contribution in [3.05, 3.63) is 0 Å². The first-order chi connectivity index (χ1) is 16.5. The predicted octanol–water partition coefficient (Wildman–Crippen LogP) is 9.94. The number of hydrogen-bond acceptors (Lipinski definition) is 2. The average molecular weight is 552 g/mol. The van der Waals surface area contributed by atoms with Gasteiger partial charge in [0.15, 0.2) is 0 Å². The molecular weight excluding hydrogens is 499 g/mol.